The predicted octanol–water partition coefficient (Wildman–Crippen LogP) is 0.813. The Hall–Kier alpha value is 0.160. The Morgan fingerprint density at radius 3 is 2.40 bits per heavy atom. The minimum atomic E-state index is 1.07. The Labute approximate surface area is 103 Å². The fourth-order valence-corrected chi connectivity index (χ4v) is 2.82. The van der Waals surface area contributed by atoms with Crippen molar-refractivity contribution in [2.24, 2.45) is 0 Å². The van der Waals surface area contributed by atoms with Crippen LogP contribution in [0.1, 0.15) is 0 Å². The zero-order chi connectivity index (χ0) is 11.3. The lowest BCUT2D eigenvalue weighted by Gasteiger charge is -2.33. The van der Waals surface area contributed by atoms with E-state index < -0.39 is 0 Å². The second kappa shape index (κ2) is 6.68. The highest BCUT2D eigenvalue weighted by atomic mass is 32.2. The van der Waals surface area contributed by atoms with Gasteiger partial charge < -0.3 is 14.7 Å². The molecule has 15 heavy (non-hydrogen) atoms. The minimum absolute atomic E-state index is 1.07. The molecule has 1 rings (SSSR count). The molecule has 1 heterocycles. The highest BCUT2D eigenvalue weighted by Crippen LogP contribution is 2.11. The van der Waals surface area contributed by atoms with E-state index in [0.717, 1.165) is 42.8 Å². The molecular formula is C10H21N3S2. The number of hydrogen-bond donors (Lipinski definition) is 0. The smallest absolute Gasteiger partial charge is 0.136 e. The quantitative estimate of drug-likeness (QED) is 0.681. The number of likely N-dealkylation sites (N-methyl/N-ethyl adjacent to an activating group) is 1. The molecule has 0 aromatic carbocycles. The zero-order valence-corrected chi connectivity index (χ0v) is 11.5. The van der Waals surface area contributed by atoms with Gasteiger partial charge in [0, 0.05) is 38.5 Å². The molecule has 1 aliphatic heterocycles. The van der Waals surface area contributed by atoms with Gasteiger partial charge in [-0.1, -0.05) is 24.0 Å². The number of piperazine rings is 1. The molecule has 1 fully saturated rings. The normalized spacial score (nSPS) is 18.5. The van der Waals surface area contributed by atoms with Crippen LogP contribution in [-0.2, 0) is 0 Å². The van der Waals surface area contributed by atoms with Crippen LogP contribution in [-0.4, -0.2) is 78.6 Å². The minimum Gasteiger partial charge on any atom is -0.355 e. The fourth-order valence-electron chi connectivity index (χ4n) is 1.40. The van der Waals surface area contributed by atoms with Gasteiger partial charge in [-0.25, -0.2) is 0 Å². The first kappa shape index (κ1) is 13.2. The molecule has 88 valence electrons. The lowest BCUT2D eigenvalue weighted by Crippen LogP contribution is -2.45. The molecule has 1 saturated heterocycles. The summed E-state index contributed by atoms with van der Waals surface area (Å²) >= 11 is 7.23. The van der Waals surface area contributed by atoms with Crippen molar-refractivity contribution in [3.63, 3.8) is 0 Å². The van der Waals surface area contributed by atoms with Crippen LogP contribution >= 0.6 is 24.0 Å². The summed E-state index contributed by atoms with van der Waals surface area (Å²) in [5, 5.41) is 0. The molecule has 0 aliphatic carbocycles. The van der Waals surface area contributed by atoms with Gasteiger partial charge in [-0.05, 0) is 21.1 Å². The summed E-state index contributed by atoms with van der Waals surface area (Å²) in [4.78, 5) is 6.87. The van der Waals surface area contributed by atoms with E-state index in [1.54, 1.807) is 0 Å². The second-order valence-corrected chi connectivity index (χ2v) is 5.94. The third-order valence-corrected chi connectivity index (χ3v) is 4.03. The van der Waals surface area contributed by atoms with Crippen LogP contribution in [0.3, 0.4) is 0 Å². The van der Waals surface area contributed by atoms with E-state index in [1.807, 2.05) is 11.8 Å². The molecule has 0 bridgehead atoms. The first-order valence-electron chi connectivity index (χ1n) is 5.34. The van der Waals surface area contributed by atoms with Gasteiger partial charge in [0.15, 0.2) is 0 Å². The van der Waals surface area contributed by atoms with Crippen LogP contribution < -0.4 is 0 Å². The van der Waals surface area contributed by atoms with Crippen molar-refractivity contribution in [1.29, 1.82) is 0 Å². The maximum Gasteiger partial charge on any atom is 0.136 e. The van der Waals surface area contributed by atoms with E-state index in [-0.39, 0.29) is 0 Å². The molecule has 5 heteroatoms. The largest absolute Gasteiger partial charge is 0.355 e. The van der Waals surface area contributed by atoms with Crippen LogP contribution in [0.25, 0.3) is 0 Å². The number of hydrogen-bond acceptors (Lipinski definition) is 4. The van der Waals surface area contributed by atoms with Crippen molar-refractivity contribution in [1.82, 2.24) is 14.7 Å². The molecule has 0 saturated carbocycles. The van der Waals surface area contributed by atoms with Crippen molar-refractivity contribution in [2.45, 2.75) is 0 Å². The Morgan fingerprint density at radius 1 is 1.27 bits per heavy atom. The van der Waals surface area contributed by atoms with E-state index in [1.165, 1.54) is 0 Å². The van der Waals surface area contributed by atoms with Crippen molar-refractivity contribution >= 4 is 28.3 Å². The van der Waals surface area contributed by atoms with Gasteiger partial charge >= 0.3 is 0 Å². The summed E-state index contributed by atoms with van der Waals surface area (Å²) in [5.74, 6) is 1.10. The van der Waals surface area contributed by atoms with E-state index in [9.17, 15) is 0 Å². The Kier molecular flexibility index (Phi) is 5.89. The zero-order valence-electron chi connectivity index (χ0n) is 9.90. The molecule has 0 unspecified atom stereocenters. The average molecular weight is 247 g/mol. The molecule has 0 amide bonds. The third-order valence-electron chi connectivity index (χ3n) is 2.53. The molecule has 0 radical (unpaired) electrons. The van der Waals surface area contributed by atoms with Gasteiger partial charge in [0.2, 0.25) is 0 Å². The van der Waals surface area contributed by atoms with E-state index in [4.69, 9.17) is 12.2 Å². The SMILES string of the molecule is CN(C)CCSC(=S)N1CCN(C)CC1. The molecule has 0 spiro atoms. The lowest BCUT2D eigenvalue weighted by atomic mass is 10.4. The standard InChI is InChI=1S/C10H21N3S2/c1-11(2)8-9-15-10(14)13-6-4-12(3)5-7-13/h4-9H2,1-3H3. The Bertz CT molecular complexity index is 201. The number of thioether (sulfide) groups is 1. The first-order valence-corrected chi connectivity index (χ1v) is 6.74. The molecule has 0 aromatic heterocycles. The van der Waals surface area contributed by atoms with Crippen molar-refractivity contribution in [2.75, 3.05) is 59.6 Å². The van der Waals surface area contributed by atoms with E-state index in [0.29, 0.717) is 0 Å². The highest BCUT2D eigenvalue weighted by molar-refractivity contribution is 8.22. The van der Waals surface area contributed by atoms with E-state index >= 15 is 0 Å². The summed E-state index contributed by atoms with van der Waals surface area (Å²) in [6, 6.07) is 0. The van der Waals surface area contributed by atoms with Crippen molar-refractivity contribution in [3.8, 4) is 0 Å². The molecule has 3 nitrogen and oxygen atoms in total. The van der Waals surface area contributed by atoms with E-state index in [2.05, 4.69) is 35.8 Å². The Balaban J connectivity index is 2.17. The Morgan fingerprint density at radius 2 is 1.87 bits per heavy atom. The first-order chi connectivity index (χ1) is 7.09. The third kappa shape index (κ3) is 5.15. The number of thiocarbonyl (C=S) groups is 1. The van der Waals surface area contributed by atoms with Crippen LogP contribution in [0.2, 0.25) is 0 Å². The topological polar surface area (TPSA) is 9.72 Å². The van der Waals surface area contributed by atoms with Gasteiger partial charge in [0.1, 0.15) is 4.32 Å². The number of nitrogens with zero attached hydrogens (tertiary/aromatic N) is 3. The van der Waals surface area contributed by atoms with Crippen LogP contribution in [0, 0.1) is 0 Å². The predicted molar refractivity (Wildman–Crippen MR) is 72.7 cm³/mol. The summed E-state index contributed by atoms with van der Waals surface area (Å²) < 4.78 is 1.07. The molecular weight excluding hydrogens is 226 g/mol. The van der Waals surface area contributed by atoms with Gasteiger partial charge in [0.05, 0.1) is 0 Å². The second-order valence-electron chi connectivity index (χ2n) is 4.21. The monoisotopic (exact) mass is 247 g/mol. The van der Waals surface area contributed by atoms with Crippen LogP contribution in [0.5, 0.6) is 0 Å². The summed E-state index contributed by atoms with van der Waals surface area (Å²) in [7, 11) is 6.36. The fraction of sp³-hybridized carbons (Fsp3) is 0.900. The molecule has 0 N–H and O–H groups in total. The van der Waals surface area contributed by atoms with Gasteiger partial charge in [-0.2, -0.15) is 0 Å². The van der Waals surface area contributed by atoms with Gasteiger partial charge in [-0.3, -0.25) is 0 Å². The summed E-state index contributed by atoms with van der Waals surface area (Å²) in [5.41, 5.74) is 0. The number of rotatable bonds is 3. The van der Waals surface area contributed by atoms with Crippen molar-refractivity contribution in [3.05, 3.63) is 0 Å². The summed E-state index contributed by atoms with van der Waals surface area (Å²) in [6.07, 6.45) is 0. The van der Waals surface area contributed by atoms with Crippen molar-refractivity contribution < 1.29 is 0 Å². The average Bonchev–Trinajstić information content (AvgIpc) is 2.18. The molecule has 0 aromatic rings. The van der Waals surface area contributed by atoms with Crippen LogP contribution in [0.4, 0.5) is 0 Å². The highest BCUT2D eigenvalue weighted by Gasteiger charge is 2.16. The van der Waals surface area contributed by atoms with Gasteiger partial charge in [0.25, 0.3) is 0 Å². The summed E-state index contributed by atoms with van der Waals surface area (Å²) in [6.45, 7) is 5.54. The molecule has 0 atom stereocenters. The maximum absolute atomic E-state index is 5.42. The maximum atomic E-state index is 5.42. The lowest BCUT2D eigenvalue weighted by molar-refractivity contribution is 0.220. The van der Waals surface area contributed by atoms with Crippen LogP contribution in [0.15, 0.2) is 0 Å². The van der Waals surface area contributed by atoms with Gasteiger partial charge in [-0.15, -0.1) is 0 Å². The molecule has 1 aliphatic rings.